The zero-order valence-electron chi connectivity index (χ0n) is 13.8. The molecule has 0 aliphatic heterocycles. The molecule has 2 rings (SSSR count). The van der Waals surface area contributed by atoms with E-state index in [0.29, 0.717) is 0 Å². The first kappa shape index (κ1) is 23.4. The van der Waals surface area contributed by atoms with E-state index in [4.69, 9.17) is 20.4 Å². The Morgan fingerprint density at radius 2 is 0.714 bits per heavy atom. The summed E-state index contributed by atoms with van der Waals surface area (Å²) in [6, 6.07) is 0. The molecular weight excluding hydrogens is 422 g/mol. The van der Waals surface area contributed by atoms with Crippen LogP contribution in [0.4, 0.5) is 43.9 Å². The number of rotatable bonds is 4. The van der Waals surface area contributed by atoms with Crippen molar-refractivity contribution in [2.24, 2.45) is 0 Å². The number of hydrogen-bond donors (Lipinski definition) is 4. The van der Waals surface area contributed by atoms with E-state index in [1.54, 1.807) is 0 Å². The largest absolute Gasteiger partial charge is 0.393 e. The van der Waals surface area contributed by atoms with E-state index in [1.807, 2.05) is 0 Å². The van der Waals surface area contributed by atoms with Crippen LogP contribution in [-0.2, 0) is 0 Å². The van der Waals surface area contributed by atoms with Gasteiger partial charge in [-0.05, 0) is 12.8 Å². The Kier molecular flexibility index (Phi) is 4.89. The molecule has 2 saturated carbocycles. The number of alkyl halides is 10. The van der Waals surface area contributed by atoms with Gasteiger partial charge in [0.1, 0.15) is 0 Å². The molecule has 0 spiro atoms. The quantitative estimate of drug-likeness (QED) is 0.499. The Balaban J connectivity index is 3.15. The second-order valence-electron chi connectivity index (χ2n) is 7.13. The van der Waals surface area contributed by atoms with Crippen LogP contribution in [0.25, 0.3) is 0 Å². The van der Waals surface area contributed by atoms with Crippen molar-refractivity contribution in [3.8, 4) is 0 Å². The number of halogens is 10. The van der Waals surface area contributed by atoms with Crippen molar-refractivity contribution in [2.75, 3.05) is 26.4 Å². The van der Waals surface area contributed by atoms with Crippen LogP contribution in [0.15, 0.2) is 0 Å². The zero-order valence-corrected chi connectivity index (χ0v) is 13.8. The van der Waals surface area contributed by atoms with Crippen LogP contribution in [0.1, 0.15) is 12.8 Å². The summed E-state index contributed by atoms with van der Waals surface area (Å²) in [6.45, 7) is -11.0. The topological polar surface area (TPSA) is 80.9 Å². The van der Waals surface area contributed by atoms with E-state index in [2.05, 4.69) is 0 Å². The van der Waals surface area contributed by atoms with E-state index in [-0.39, 0.29) is 0 Å². The van der Waals surface area contributed by atoms with Gasteiger partial charge in [-0.1, -0.05) is 0 Å². The molecule has 0 bridgehead atoms. The third-order valence-electron chi connectivity index (χ3n) is 6.05. The molecule has 6 atom stereocenters. The third kappa shape index (κ3) is 1.80. The van der Waals surface area contributed by atoms with E-state index < -0.39 is 85.1 Å². The lowest BCUT2D eigenvalue weighted by atomic mass is 9.44. The monoisotopic (exact) mass is 438 g/mol. The molecule has 0 amide bonds. The van der Waals surface area contributed by atoms with Crippen molar-refractivity contribution < 1.29 is 64.3 Å². The Labute approximate surface area is 150 Å². The molecule has 0 saturated heterocycles. The van der Waals surface area contributed by atoms with E-state index in [0.717, 1.165) is 0 Å². The summed E-state index contributed by atoms with van der Waals surface area (Å²) in [5, 5.41) is 36.0. The lowest BCUT2D eigenvalue weighted by Crippen LogP contribution is -2.97. The summed E-state index contributed by atoms with van der Waals surface area (Å²) >= 11 is 0. The van der Waals surface area contributed by atoms with Gasteiger partial charge in [0.15, 0.2) is 11.3 Å². The first-order valence-corrected chi connectivity index (χ1v) is 7.78. The summed E-state index contributed by atoms with van der Waals surface area (Å²) in [4.78, 5) is 0. The van der Waals surface area contributed by atoms with Gasteiger partial charge in [0.25, 0.3) is 0 Å². The highest BCUT2D eigenvalue weighted by Gasteiger charge is 3.03. The van der Waals surface area contributed by atoms with Crippen LogP contribution in [-0.4, -0.2) is 92.7 Å². The molecular formula is C14H16F10O4. The molecule has 166 valence electrons. The van der Waals surface area contributed by atoms with Gasteiger partial charge in [-0.3, -0.25) is 0 Å². The lowest BCUT2D eigenvalue weighted by Gasteiger charge is -2.68. The molecule has 14 heteroatoms. The number of aliphatic hydroxyl groups is 4. The van der Waals surface area contributed by atoms with Gasteiger partial charge in [-0.15, -0.1) is 0 Å². The van der Waals surface area contributed by atoms with Crippen LogP contribution in [0.5, 0.6) is 0 Å². The van der Waals surface area contributed by atoms with Crippen molar-refractivity contribution in [2.45, 2.75) is 58.7 Å². The Hall–Kier alpha value is -0.860. The fourth-order valence-corrected chi connectivity index (χ4v) is 4.34. The van der Waals surface area contributed by atoms with Gasteiger partial charge < -0.3 is 20.4 Å². The average molecular weight is 438 g/mol. The summed E-state index contributed by atoms with van der Waals surface area (Å²) in [5.74, 6) is -13.5. The van der Waals surface area contributed by atoms with Crippen LogP contribution < -0.4 is 0 Å². The van der Waals surface area contributed by atoms with Crippen molar-refractivity contribution in [3.63, 3.8) is 0 Å². The fourth-order valence-electron chi connectivity index (χ4n) is 4.34. The second-order valence-corrected chi connectivity index (χ2v) is 7.13. The fraction of sp³-hybridized carbons (Fsp3) is 1.00. The number of hydrogen-bond acceptors (Lipinski definition) is 4. The van der Waals surface area contributed by atoms with Crippen molar-refractivity contribution in [1.29, 1.82) is 0 Å². The van der Waals surface area contributed by atoms with Crippen LogP contribution >= 0.6 is 0 Å². The molecule has 2 aliphatic carbocycles. The van der Waals surface area contributed by atoms with Gasteiger partial charge in [0.2, 0.25) is 22.7 Å². The molecule has 4 nitrogen and oxygen atoms in total. The predicted octanol–water partition coefficient (Wildman–Crippen LogP) is 1.28. The highest BCUT2D eigenvalue weighted by molar-refractivity contribution is 5.44. The molecule has 0 aromatic rings. The summed E-state index contributed by atoms with van der Waals surface area (Å²) in [5.41, 5.74) is -33.4. The van der Waals surface area contributed by atoms with Crippen molar-refractivity contribution in [3.05, 3.63) is 0 Å². The molecule has 0 aromatic carbocycles. The molecule has 0 radical (unpaired) electrons. The molecule has 0 aromatic heterocycles. The predicted molar refractivity (Wildman–Crippen MR) is 70.5 cm³/mol. The highest BCUT2D eigenvalue weighted by atomic mass is 19.3. The Morgan fingerprint density at radius 3 is 0.893 bits per heavy atom. The molecule has 4 N–H and O–H groups in total. The SMILES string of the molecule is OCC1(F)CCC(F)(CO)C2(F)C(F)(CO)C(F)(F)C(F)(F)C(F)(CO)C12F. The Morgan fingerprint density at radius 1 is 0.464 bits per heavy atom. The summed E-state index contributed by atoms with van der Waals surface area (Å²) in [7, 11) is 0. The van der Waals surface area contributed by atoms with Crippen molar-refractivity contribution in [1.82, 2.24) is 0 Å². The van der Waals surface area contributed by atoms with E-state index in [9.17, 15) is 17.6 Å². The van der Waals surface area contributed by atoms with Gasteiger partial charge in [-0.2, -0.15) is 17.6 Å². The second kappa shape index (κ2) is 5.85. The molecule has 2 aliphatic rings. The minimum absolute atomic E-state index is 1.86. The van der Waals surface area contributed by atoms with Gasteiger partial charge in [0.05, 0.1) is 26.4 Å². The maximum absolute atomic E-state index is 15.7. The molecule has 28 heavy (non-hydrogen) atoms. The third-order valence-corrected chi connectivity index (χ3v) is 6.05. The molecule has 6 unspecified atom stereocenters. The van der Waals surface area contributed by atoms with Crippen LogP contribution in [0.2, 0.25) is 0 Å². The normalized spacial score (nSPS) is 52.9. The highest BCUT2D eigenvalue weighted by Crippen LogP contribution is 2.75. The zero-order chi connectivity index (χ0) is 22.2. The van der Waals surface area contributed by atoms with E-state index in [1.165, 1.54) is 0 Å². The summed E-state index contributed by atoms with van der Waals surface area (Å²) < 4.78 is 149. The van der Waals surface area contributed by atoms with Gasteiger partial charge in [0, 0.05) is 0 Å². The summed E-state index contributed by atoms with van der Waals surface area (Å²) in [6.07, 6.45) is -3.73. The van der Waals surface area contributed by atoms with Gasteiger partial charge in [-0.25, -0.2) is 26.3 Å². The minimum Gasteiger partial charge on any atom is -0.393 e. The average Bonchev–Trinajstić information content (AvgIpc) is 2.66. The smallest absolute Gasteiger partial charge is 0.352 e. The standard InChI is InChI=1S/C14H16F10O4/c15-7(3-25)1-2-8(16,4-26)12(20)10(18,6-28)14(23,24)13(21,22)9(17,5-27)11(7,12)19/h25-28H,1-6H2. The maximum atomic E-state index is 15.7. The van der Waals surface area contributed by atoms with Crippen LogP contribution in [0.3, 0.4) is 0 Å². The maximum Gasteiger partial charge on any atom is 0.352 e. The van der Waals surface area contributed by atoms with Crippen molar-refractivity contribution >= 4 is 0 Å². The van der Waals surface area contributed by atoms with Gasteiger partial charge >= 0.3 is 11.8 Å². The van der Waals surface area contributed by atoms with E-state index >= 15 is 26.3 Å². The first-order chi connectivity index (χ1) is 12.4. The minimum atomic E-state index is -6.74. The lowest BCUT2D eigenvalue weighted by molar-refractivity contribution is -0.460. The number of fused-ring (bicyclic) bond motifs is 1. The molecule has 0 heterocycles. The first-order valence-electron chi connectivity index (χ1n) is 7.78. The molecule has 2 fully saturated rings. The Bertz CT molecular complexity index is 600. The number of aliphatic hydroxyl groups excluding tert-OH is 4. The van der Waals surface area contributed by atoms with Crippen LogP contribution in [0, 0.1) is 0 Å².